The van der Waals surface area contributed by atoms with Crippen LogP contribution in [0.5, 0.6) is 0 Å². The summed E-state index contributed by atoms with van der Waals surface area (Å²) in [5.41, 5.74) is -1.27. The average Bonchev–Trinajstić information content (AvgIpc) is 2.13. The van der Waals surface area contributed by atoms with E-state index < -0.39 is 48.7 Å². The first kappa shape index (κ1) is 14.8. The molecule has 18 heavy (non-hydrogen) atoms. The van der Waals surface area contributed by atoms with Crippen molar-refractivity contribution < 1.29 is 33.0 Å². The molecule has 0 aliphatic heterocycles. The first-order chi connectivity index (χ1) is 8.15. The van der Waals surface area contributed by atoms with Crippen LogP contribution in [0.3, 0.4) is 0 Å². The molecular formula is C11H15F3O4. The quantitative estimate of drug-likeness (QED) is 0.822. The number of carboxylic acids is 2. The molecule has 1 fully saturated rings. The minimum atomic E-state index is -4.39. The molecule has 0 heterocycles. The number of halogens is 3. The third-order valence-electron chi connectivity index (χ3n) is 3.45. The topological polar surface area (TPSA) is 74.6 Å². The molecule has 4 nitrogen and oxygen atoms in total. The van der Waals surface area contributed by atoms with E-state index in [1.807, 2.05) is 0 Å². The van der Waals surface area contributed by atoms with Gasteiger partial charge < -0.3 is 10.2 Å². The highest BCUT2D eigenvalue weighted by atomic mass is 19.4. The lowest BCUT2D eigenvalue weighted by molar-refractivity contribution is -0.195. The highest BCUT2D eigenvalue weighted by molar-refractivity contribution is 5.72. The fourth-order valence-electron chi connectivity index (χ4n) is 2.75. The van der Waals surface area contributed by atoms with E-state index in [-0.39, 0.29) is 19.3 Å². The van der Waals surface area contributed by atoms with E-state index in [1.54, 1.807) is 0 Å². The summed E-state index contributed by atoms with van der Waals surface area (Å²) in [6.07, 6.45) is -5.46. The van der Waals surface area contributed by atoms with Crippen molar-refractivity contribution in [1.82, 2.24) is 0 Å². The first-order valence-electron chi connectivity index (χ1n) is 5.65. The van der Waals surface area contributed by atoms with Gasteiger partial charge in [-0.25, -0.2) is 0 Å². The molecule has 7 heteroatoms. The number of hydrogen-bond acceptors (Lipinski definition) is 2. The Morgan fingerprint density at radius 3 is 2.06 bits per heavy atom. The zero-order valence-electron chi connectivity index (χ0n) is 9.66. The Balaban J connectivity index is 2.88. The molecule has 0 aromatic heterocycles. The average molecular weight is 268 g/mol. The van der Waals surface area contributed by atoms with Crippen LogP contribution in [0.15, 0.2) is 0 Å². The summed E-state index contributed by atoms with van der Waals surface area (Å²) in [5.74, 6) is -4.09. The van der Waals surface area contributed by atoms with Gasteiger partial charge in [0, 0.05) is 0 Å². The van der Waals surface area contributed by atoms with Crippen LogP contribution in [-0.4, -0.2) is 28.3 Å². The predicted molar refractivity (Wildman–Crippen MR) is 55.0 cm³/mol. The zero-order valence-corrected chi connectivity index (χ0v) is 9.66. The molecule has 2 N–H and O–H groups in total. The van der Waals surface area contributed by atoms with E-state index >= 15 is 0 Å². The lowest BCUT2D eigenvalue weighted by atomic mass is 9.66. The highest BCUT2D eigenvalue weighted by Crippen LogP contribution is 2.49. The molecule has 0 spiro atoms. The minimum absolute atomic E-state index is 0.0511. The molecule has 1 saturated carbocycles. The van der Waals surface area contributed by atoms with Crippen molar-refractivity contribution in [1.29, 1.82) is 0 Å². The second-order valence-electron chi connectivity index (χ2n) is 4.98. The minimum Gasteiger partial charge on any atom is -0.481 e. The van der Waals surface area contributed by atoms with E-state index in [2.05, 4.69) is 0 Å². The van der Waals surface area contributed by atoms with Crippen molar-refractivity contribution in [2.24, 2.45) is 11.3 Å². The summed E-state index contributed by atoms with van der Waals surface area (Å²) in [6.45, 7) is 0. The van der Waals surface area contributed by atoms with Gasteiger partial charge in [0.1, 0.15) is 0 Å². The van der Waals surface area contributed by atoms with E-state index in [0.717, 1.165) is 0 Å². The van der Waals surface area contributed by atoms with Crippen LogP contribution < -0.4 is 0 Å². The summed E-state index contributed by atoms with van der Waals surface area (Å²) in [4.78, 5) is 21.5. The molecule has 1 aliphatic rings. The fraction of sp³-hybridized carbons (Fsp3) is 0.818. The van der Waals surface area contributed by atoms with E-state index in [1.165, 1.54) is 0 Å². The summed E-state index contributed by atoms with van der Waals surface area (Å²) in [7, 11) is 0. The van der Waals surface area contributed by atoms with E-state index in [4.69, 9.17) is 10.2 Å². The van der Waals surface area contributed by atoms with Crippen LogP contribution in [0.2, 0.25) is 0 Å². The van der Waals surface area contributed by atoms with E-state index in [9.17, 15) is 22.8 Å². The van der Waals surface area contributed by atoms with Gasteiger partial charge in [-0.2, -0.15) is 13.2 Å². The first-order valence-corrected chi connectivity index (χ1v) is 5.65. The Labute approximate surface area is 102 Å². The molecule has 0 amide bonds. The number of rotatable bonds is 4. The van der Waals surface area contributed by atoms with Crippen LogP contribution in [0.1, 0.15) is 38.5 Å². The molecular weight excluding hydrogens is 253 g/mol. The smallest absolute Gasteiger partial charge is 0.391 e. The second kappa shape index (κ2) is 5.16. The van der Waals surface area contributed by atoms with Gasteiger partial charge in [-0.1, -0.05) is 6.42 Å². The van der Waals surface area contributed by atoms with Crippen molar-refractivity contribution in [2.75, 3.05) is 0 Å². The molecule has 1 rings (SSSR count). The molecule has 0 bridgehead atoms. The van der Waals surface area contributed by atoms with Crippen molar-refractivity contribution in [3.63, 3.8) is 0 Å². The maximum absolute atomic E-state index is 12.7. The van der Waals surface area contributed by atoms with Crippen LogP contribution in [0.4, 0.5) is 13.2 Å². The van der Waals surface area contributed by atoms with E-state index in [0.29, 0.717) is 0 Å². The number of carbonyl (C=O) groups is 2. The Morgan fingerprint density at radius 2 is 1.67 bits per heavy atom. The van der Waals surface area contributed by atoms with Crippen molar-refractivity contribution in [3.05, 3.63) is 0 Å². The molecule has 1 aliphatic carbocycles. The Hall–Kier alpha value is -1.27. The van der Waals surface area contributed by atoms with Gasteiger partial charge in [-0.3, -0.25) is 9.59 Å². The molecule has 1 unspecified atom stereocenters. The van der Waals surface area contributed by atoms with Gasteiger partial charge in [0.2, 0.25) is 0 Å². The van der Waals surface area contributed by atoms with Crippen LogP contribution in [0.25, 0.3) is 0 Å². The van der Waals surface area contributed by atoms with Crippen molar-refractivity contribution in [3.8, 4) is 0 Å². The summed E-state index contributed by atoms with van der Waals surface area (Å²) >= 11 is 0. The summed E-state index contributed by atoms with van der Waals surface area (Å²) in [6, 6.07) is 0. The number of hydrogen-bond donors (Lipinski definition) is 2. The molecule has 0 saturated heterocycles. The molecule has 0 aromatic carbocycles. The van der Waals surface area contributed by atoms with Gasteiger partial charge in [0.15, 0.2) is 0 Å². The van der Waals surface area contributed by atoms with Crippen molar-refractivity contribution in [2.45, 2.75) is 44.7 Å². The SMILES string of the molecule is O=C(O)CC1(CC(=O)O)CCCC(C(F)(F)F)C1. The third kappa shape index (κ3) is 3.89. The van der Waals surface area contributed by atoms with Gasteiger partial charge in [-0.05, 0) is 24.7 Å². The Morgan fingerprint density at radius 1 is 1.17 bits per heavy atom. The zero-order chi connectivity index (χ0) is 14.0. The standard InChI is InChI=1S/C11H15F3O4/c12-11(13,14)7-2-1-3-10(4-7,5-8(15)16)6-9(17)18/h7H,1-6H2,(H,15,16)(H,17,18). The molecule has 0 radical (unpaired) electrons. The van der Waals surface area contributed by atoms with Crippen LogP contribution >= 0.6 is 0 Å². The summed E-state index contributed by atoms with van der Waals surface area (Å²) < 4.78 is 38.0. The van der Waals surface area contributed by atoms with Crippen molar-refractivity contribution >= 4 is 11.9 Å². The summed E-state index contributed by atoms with van der Waals surface area (Å²) in [5, 5.41) is 17.5. The van der Waals surface area contributed by atoms with Crippen LogP contribution in [0, 0.1) is 11.3 Å². The number of aliphatic carboxylic acids is 2. The molecule has 1 atom stereocenters. The van der Waals surface area contributed by atoms with Gasteiger partial charge in [0.25, 0.3) is 0 Å². The van der Waals surface area contributed by atoms with Gasteiger partial charge in [0.05, 0.1) is 18.8 Å². The molecule has 0 aromatic rings. The highest BCUT2D eigenvalue weighted by Gasteiger charge is 2.48. The van der Waals surface area contributed by atoms with Crippen LogP contribution in [-0.2, 0) is 9.59 Å². The maximum atomic E-state index is 12.7. The molecule has 104 valence electrons. The maximum Gasteiger partial charge on any atom is 0.391 e. The Bertz CT molecular complexity index is 322. The lowest BCUT2D eigenvalue weighted by Crippen LogP contribution is -2.38. The third-order valence-corrected chi connectivity index (χ3v) is 3.45. The van der Waals surface area contributed by atoms with Gasteiger partial charge >= 0.3 is 18.1 Å². The lowest BCUT2D eigenvalue weighted by Gasteiger charge is -2.39. The fourth-order valence-corrected chi connectivity index (χ4v) is 2.75. The normalized spacial score (nSPS) is 23.6. The Kier molecular flexibility index (Phi) is 4.24. The van der Waals surface area contributed by atoms with Gasteiger partial charge in [-0.15, -0.1) is 0 Å². The second-order valence-corrected chi connectivity index (χ2v) is 4.98. The predicted octanol–water partition coefficient (Wildman–Crippen LogP) is 2.67. The number of carboxylic acid groups (broad SMARTS) is 2. The number of alkyl halides is 3. The largest absolute Gasteiger partial charge is 0.481 e. The monoisotopic (exact) mass is 268 g/mol.